The van der Waals surface area contributed by atoms with Crippen LogP contribution in [0.5, 0.6) is 0 Å². The van der Waals surface area contributed by atoms with Gasteiger partial charge in [0.2, 0.25) is 0 Å². The van der Waals surface area contributed by atoms with Crippen molar-refractivity contribution < 1.29 is 9.90 Å². The second-order valence-corrected chi connectivity index (χ2v) is 6.53. The van der Waals surface area contributed by atoms with Gasteiger partial charge in [-0.3, -0.25) is 4.79 Å². The zero-order valence-corrected chi connectivity index (χ0v) is 12.9. The Morgan fingerprint density at radius 3 is 2.95 bits per heavy atom. The van der Waals surface area contributed by atoms with Gasteiger partial charge in [-0.15, -0.1) is 22.7 Å². The van der Waals surface area contributed by atoms with Crippen LogP contribution in [0.1, 0.15) is 38.0 Å². The third-order valence-electron chi connectivity index (χ3n) is 2.69. The number of aliphatic hydroxyl groups is 1. The maximum Gasteiger partial charge on any atom is 0.252 e. The molecule has 104 valence electrons. The first-order chi connectivity index (χ1) is 9.60. The van der Waals surface area contributed by atoms with Gasteiger partial charge >= 0.3 is 0 Å². The number of hydrogen-bond acceptors (Lipinski definition) is 4. The van der Waals surface area contributed by atoms with Gasteiger partial charge in [0.25, 0.3) is 5.91 Å². The van der Waals surface area contributed by atoms with Crippen LogP contribution in [0.2, 0.25) is 0 Å². The van der Waals surface area contributed by atoms with E-state index in [9.17, 15) is 4.79 Å². The van der Waals surface area contributed by atoms with E-state index in [0.717, 1.165) is 9.75 Å². The van der Waals surface area contributed by atoms with Crippen molar-refractivity contribution in [3.8, 4) is 11.8 Å². The van der Waals surface area contributed by atoms with Crippen LogP contribution in [0.25, 0.3) is 0 Å². The van der Waals surface area contributed by atoms with Crippen LogP contribution in [0.3, 0.4) is 0 Å². The van der Waals surface area contributed by atoms with Gasteiger partial charge in [-0.1, -0.05) is 11.8 Å². The highest BCUT2D eigenvalue weighted by Crippen LogP contribution is 2.23. The monoisotopic (exact) mass is 305 g/mol. The summed E-state index contributed by atoms with van der Waals surface area (Å²) in [6.07, 6.45) is 0. The third kappa shape index (κ3) is 3.70. The molecule has 0 saturated heterocycles. The summed E-state index contributed by atoms with van der Waals surface area (Å²) in [6, 6.07) is 5.83. The summed E-state index contributed by atoms with van der Waals surface area (Å²) in [5.41, 5.74) is 0.609. The highest BCUT2D eigenvalue weighted by molar-refractivity contribution is 7.12. The molecular weight excluding hydrogens is 290 g/mol. The van der Waals surface area contributed by atoms with E-state index in [-0.39, 0.29) is 18.6 Å². The lowest BCUT2D eigenvalue weighted by molar-refractivity contribution is 0.0941. The zero-order chi connectivity index (χ0) is 14.5. The van der Waals surface area contributed by atoms with E-state index in [2.05, 4.69) is 23.2 Å². The maximum absolute atomic E-state index is 12.1. The normalized spacial score (nSPS) is 11.6. The van der Waals surface area contributed by atoms with Crippen molar-refractivity contribution >= 4 is 28.6 Å². The molecule has 0 aliphatic heterocycles. The number of nitrogens with one attached hydrogen (secondary N) is 1. The molecule has 0 spiro atoms. The van der Waals surface area contributed by atoms with Gasteiger partial charge in [0.05, 0.1) is 16.5 Å². The Balaban J connectivity index is 2.02. The molecule has 3 nitrogen and oxygen atoms in total. The van der Waals surface area contributed by atoms with Crippen LogP contribution in [0.15, 0.2) is 23.6 Å². The SMILES string of the molecule is Cc1ccc(C(C)NC(=O)c2csc(C#CCO)c2)s1. The lowest BCUT2D eigenvalue weighted by atomic mass is 10.2. The molecule has 0 aromatic carbocycles. The van der Waals surface area contributed by atoms with Crippen molar-refractivity contribution in [1.82, 2.24) is 5.32 Å². The highest BCUT2D eigenvalue weighted by atomic mass is 32.1. The molecule has 1 atom stereocenters. The van der Waals surface area contributed by atoms with Crippen LogP contribution in [-0.2, 0) is 0 Å². The van der Waals surface area contributed by atoms with Crippen molar-refractivity contribution in [2.45, 2.75) is 19.9 Å². The Labute approximate surface area is 126 Å². The second-order valence-electron chi connectivity index (χ2n) is 4.30. The zero-order valence-electron chi connectivity index (χ0n) is 11.3. The molecule has 2 aromatic rings. The topological polar surface area (TPSA) is 49.3 Å². The molecule has 2 N–H and O–H groups in total. The van der Waals surface area contributed by atoms with Crippen molar-refractivity contribution in [3.05, 3.63) is 43.8 Å². The highest BCUT2D eigenvalue weighted by Gasteiger charge is 2.13. The minimum Gasteiger partial charge on any atom is -0.384 e. The van der Waals surface area contributed by atoms with Crippen molar-refractivity contribution in [2.75, 3.05) is 6.61 Å². The molecule has 1 amide bonds. The van der Waals surface area contributed by atoms with Gasteiger partial charge < -0.3 is 10.4 Å². The van der Waals surface area contributed by atoms with Crippen LogP contribution in [0, 0.1) is 18.8 Å². The van der Waals surface area contributed by atoms with Gasteiger partial charge in [0.15, 0.2) is 0 Å². The summed E-state index contributed by atoms with van der Waals surface area (Å²) in [5, 5.41) is 13.4. The van der Waals surface area contributed by atoms with Gasteiger partial charge in [0, 0.05) is 15.1 Å². The number of rotatable bonds is 3. The van der Waals surface area contributed by atoms with E-state index in [0.29, 0.717) is 5.56 Å². The third-order valence-corrected chi connectivity index (χ3v) is 4.72. The molecule has 0 bridgehead atoms. The average Bonchev–Trinajstić information content (AvgIpc) is 3.05. The van der Waals surface area contributed by atoms with Gasteiger partial charge in [-0.05, 0) is 32.0 Å². The number of thiophene rings is 2. The summed E-state index contributed by atoms with van der Waals surface area (Å²) >= 11 is 3.09. The van der Waals surface area contributed by atoms with E-state index < -0.39 is 0 Å². The number of aliphatic hydroxyl groups excluding tert-OH is 1. The van der Waals surface area contributed by atoms with E-state index in [1.807, 2.05) is 19.9 Å². The predicted molar refractivity (Wildman–Crippen MR) is 83.2 cm³/mol. The summed E-state index contributed by atoms with van der Waals surface area (Å²) in [7, 11) is 0. The van der Waals surface area contributed by atoms with Crippen LogP contribution in [0.4, 0.5) is 0 Å². The second kappa shape index (κ2) is 6.71. The van der Waals surface area contributed by atoms with Crippen molar-refractivity contribution in [1.29, 1.82) is 0 Å². The number of carbonyl (C=O) groups excluding carboxylic acids is 1. The van der Waals surface area contributed by atoms with Crippen molar-refractivity contribution in [3.63, 3.8) is 0 Å². The molecule has 0 aliphatic carbocycles. The van der Waals surface area contributed by atoms with Gasteiger partial charge in [-0.25, -0.2) is 0 Å². The molecule has 1 unspecified atom stereocenters. The summed E-state index contributed by atoms with van der Waals surface area (Å²) in [5.74, 6) is 5.27. The van der Waals surface area contributed by atoms with Crippen LogP contribution >= 0.6 is 22.7 Å². The van der Waals surface area contributed by atoms with E-state index in [1.165, 1.54) is 16.2 Å². The lowest BCUT2D eigenvalue weighted by Gasteiger charge is -2.11. The number of carbonyl (C=O) groups is 1. The molecule has 2 aromatic heterocycles. The Bertz CT molecular complexity index is 661. The maximum atomic E-state index is 12.1. The standard InChI is InChI=1S/C15H15NO2S2/c1-10-5-6-14(20-10)11(2)16-15(18)12-8-13(19-9-12)4-3-7-17/h5-6,8-9,11,17H,7H2,1-2H3,(H,16,18). The van der Waals surface area contributed by atoms with Crippen LogP contribution in [-0.4, -0.2) is 17.6 Å². The molecule has 0 radical (unpaired) electrons. The molecule has 2 heterocycles. The summed E-state index contributed by atoms with van der Waals surface area (Å²) in [6.45, 7) is 3.85. The van der Waals surface area contributed by atoms with Gasteiger partial charge in [0.1, 0.15) is 6.61 Å². The summed E-state index contributed by atoms with van der Waals surface area (Å²) < 4.78 is 0. The van der Waals surface area contributed by atoms with Crippen LogP contribution < -0.4 is 5.32 Å². The molecular formula is C15H15NO2S2. The number of aryl methyl sites for hydroxylation is 1. The number of amides is 1. The largest absolute Gasteiger partial charge is 0.384 e. The number of hydrogen-bond donors (Lipinski definition) is 2. The first-order valence-electron chi connectivity index (χ1n) is 6.15. The molecule has 0 saturated carbocycles. The molecule has 20 heavy (non-hydrogen) atoms. The fraction of sp³-hybridized carbons (Fsp3) is 0.267. The van der Waals surface area contributed by atoms with Crippen molar-refractivity contribution in [2.24, 2.45) is 0 Å². The van der Waals surface area contributed by atoms with E-state index in [4.69, 9.17) is 5.11 Å². The minimum absolute atomic E-state index is 0.00641. The molecule has 0 aliphatic rings. The molecule has 0 fully saturated rings. The lowest BCUT2D eigenvalue weighted by Crippen LogP contribution is -2.25. The quantitative estimate of drug-likeness (QED) is 0.857. The van der Waals surface area contributed by atoms with Gasteiger partial charge in [-0.2, -0.15) is 0 Å². The first-order valence-corrected chi connectivity index (χ1v) is 7.85. The molecule has 2 rings (SSSR count). The fourth-order valence-electron chi connectivity index (χ4n) is 1.68. The van der Waals surface area contributed by atoms with E-state index in [1.54, 1.807) is 22.8 Å². The Hall–Kier alpha value is -1.61. The minimum atomic E-state index is -0.172. The van der Waals surface area contributed by atoms with E-state index >= 15 is 0 Å². The summed E-state index contributed by atoms with van der Waals surface area (Å²) in [4.78, 5) is 15.3. The smallest absolute Gasteiger partial charge is 0.252 e. The molecule has 5 heteroatoms. The predicted octanol–water partition coefficient (Wildman–Crippen LogP) is 2.95. The Kier molecular flexibility index (Phi) is 4.96. The Morgan fingerprint density at radius 2 is 2.30 bits per heavy atom. The average molecular weight is 305 g/mol. The Morgan fingerprint density at radius 1 is 1.50 bits per heavy atom. The fourth-order valence-corrected chi connectivity index (χ4v) is 3.32. The first kappa shape index (κ1) is 14.8.